The highest BCUT2D eigenvalue weighted by Crippen LogP contribution is 2.04. The number of nitrogens with one attached hydrogen (secondary N) is 1. The summed E-state index contributed by atoms with van der Waals surface area (Å²) in [4.78, 5) is 11.8. The van der Waals surface area contributed by atoms with Crippen LogP contribution in [0.15, 0.2) is 36.7 Å². The Bertz CT molecular complexity index is 533. The van der Waals surface area contributed by atoms with Crippen molar-refractivity contribution in [2.24, 2.45) is 0 Å². The molecule has 1 N–H and O–H groups in total. The van der Waals surface area contributed by atoms with Crippen LogP contribution in [0.4, 0.5) is 0 Å². The van der Waals surface area contributed by atoms with Crippen LogP contribution in [-0.4, -0.2) is 22.2 Å². The summed E-state index contributed by atoms with van der Waals surface area (Å²) in [5.74, 6) is -0.0757. The lowest BCUT2D eigenvalue weighted by Gasteiger charge is -2.05. The molecule has 4 nitrogen and oxygen atoms in total. The van der Waals surface area contributed by atoms with Gasteiger partial charge in [-0.15, -0.1) is 0 Å². The first-order valence-corrected chi connectivity index (χ1v) is 6.06. The molecule has 0 spiro atoms. The van der Waals surface area contributed by atoms with Gasteiger partial charge in [-0.1, -0.05) is 29.3 Å². The van der Waals surface area contributed by atoms with Crippen LogP contribution in [0, 0.1) is 6.92 Å². The molecule has 0 aliphatic carbocycles. The van der Waals surface area contributed by atoms with Crippen LogP contribution in [0.2, 0.25) is 5.02 Å². The van der Waals surface area contributed by atoms with Gasteiger partial charge >= 0.3 is 0 Å². The molecule has 0 atom stereocenters. The van der Waals surface area contributed by atoms with Gasteiger partial charge in [0.25, 0.3) is 5.91 Å². The van der Waals surface area contributed by atoms with Gasteiger partial charge in [-0.2, -0.15) is 5.10 Å². The van der Waals surface area contributed by atoms with E-state index in [-0.39, 0.29) is 5.91 Å². The van der Waals surface area contributed by atoms with Crippen LogP contribution in [0.3, 0.4) is 0 Å². The van der Waals surface area contributed by atoms with Gasteiger partial charge in [0.15, 0.2) is 0 Å². The smallest absolute Gasteiger partial charge is 0.251 e. The van der Waals surface area contributed by atoms with Crippen LogP contribution in [0.1, 0.15) is 15.9 Å². The molecule has 1 aromatic carbocycles. The molecule has 0 radical (unpaired) electrons. The summed E-state index contributed by atoms with van der Waals surface area (Å²) in [6.45, 7) is 3.11. The average molecular weight is 264 g/mol. The number of halogens is 1. The number of carbonyl (C=O) groups excluding carboxylic acids is 1. The lowest BCUT2D eigenvalue weighted by molar-refractivity contribution is 0.0952. The van der Waals surface area contributed by atoms with Crippen molar-refractivity contribution in [3.8, 4) is 0 Å². The topological polar surface area (TPSA) is 46.9 Å². The number of aryl methyl sites for hydroxylation is 1. The molecule has 2 aromatic rings. The van der Waals surface area contributed by atoms with Crippen LogP contribution in [-0.2, 0) is 6.54 Å². The van der Waals surface area contributed by atoms with Crippen molar-refractivity contribution in [3.63, 3.8) is 0 Å². The first-order valence-electron chi connectivity index (χ1n) is 5.68. The largest absolute Gasteiger partial charge is 0.350 e. The van der Waals surface area contributed by atoms with Crippen molar-refractivity contribution < 1.29 is 4.79 Å². The normalized spacial score (nSPS) is 10.3. The van der Waals surface area contributed by atoms with Crippen molar-refractivity contribution in [1.82, 2.24) is 15.1 Å². The quantitative estimate of drug-likeness (QED) is 0.920. The number of benzene rings is 1. The van der Waals surface area contributed by atoms with Gasteiger partial charge in [0, 0.05) is 18.3 Å². The SMILES string of the molecule is Cc1ccc(C(=O)NCCn2cc(Cl)cn2)cc1. The van der Waals surface area contributed by atoms with E-state index in [9.17, 15) is 4.79 Å². The first-order chi connectivity index (χ1) is 8.65. The maximum absolute atomic E-state index is 11.8. The molecule has 1 aromatic heterocycles. The Morgan fingerprint density at radius 2 is 2.11 bits per heavy atom. The van der Waals surface area contributed by atoms with Gasteiger partial charge in [-0.3, -0.25) is 9.48 Å². The summed E-state index contributed by atoms with van der Waals surface area (Å²) in [5.41, 5.74) is 1.80. The first kappa shape index (κ1) is 12.6. The maximum atomic E-state index is 11.8. The maximum Gasteiger partial charge on any atom is 0.251 e. The molecule has 0 fully saturated rings. The Hall–Kier alpha value is -1.81. The van der Waals surface area contributed by atoms with Crippen molar-refractivity contribution in [3.05, 3.63) is 52.8 Å². The van der Waals surface area contributed by atoms with Crippen LogP contribution in [0.25, 0.3) is 0 Å². The van der Waals surface area contributed by atoms with E-state index in [2.05, 4.69) is 10.4 Å². The van der Waals surface area contributed by atoms with Gasteiger partial charge in [-0.05, 0) is 19.1 Å². The number of rotatable bonds is 4. The summed E-state index contributed by atoms with van der Waals surface area (Å²) in [5, 5.41) is 7.46. The highest BCUT2D eigenvalue weighted by atomic mass is 35.5. The molecule has 0 aliphatic rings. The van der Waals surface area contributed by atoms with Crippen LogP contribution >= 0.6 is 11.6 Å². The zero-order valence-electron chi connectivity index (χ0n) is 10.1. The molecule has 18 heavy (non-hydrogen) atoms. The van der Waals surface area contributed by atoms with Gasteiger partial charge < -0.3 is 5.32 Å². The molecule has 0 saturated heterocycles. The second kappa shape index (κ2) is 5.69. The van der Waals surface area contributed by atoms with E-state index in [0.717, 1.165) is 5.56 Å². The zero-order chi connectivity index (χ0) is 13.0. The fourth-order valence-corrected chi connectivity index (χ4v) is 1.71. The van der Waals surface area contributed by atoms with Crippen molar-refractivity contribution in [2.45, 2.75) is 13.5 Å². The number of amides is 1. The molecule has 0 unspecified atom stereocenters. The molecule has 0 aliphatic heterocycles. The summed E-state index contributed by atoms with van der Waals surface area (Å²) in [6.07, 6.45) is 3.29. The van der Waals surface area contributed by atoms with Crippen molar-refractivity contribution in [1.29, 1.82) is 0 Å². The fraction of sp³-hybridized carbons (Fsp3) is 0.231. The Kier molecular flexibility index (Phi) is 3.99. The molecular weight excluding hydrogens is 250 g/mol. The Balaban J connectivity index is 1.83. The van der Waals surface area contributed by atoms with E-state index in [1.54, 1.807) is 17.1 Å². The highest BCUT2D eigenvalue weighted by molar-refractivity contribution is 6.30. The van der Waals surface area contributed by atoms with E-state index < -0.39 is 0 Å². The van der Waals surface area contributed by atoms with Crippen LogP contribution < -0.4 is 5.32 Å². The summed E-state index contributed by atoms with van der Waals surface area (Å²) in [6, 6.07) is 7.47. The van der Waals surface area contributed by atoms with Gasteiger partial charge in [-0.25, -0.2) is 0 Å². The minimum atomic E-state index is -0.0757. The third kappa shape index (κ3) is 3.34. The third-order valence-corrected chi connectivity index (χ3v) is 2.74. The average Bonchev–Trinajstić information content (AvgIpc) is 2.76. The Labute approximate surface area is 111 Å². The summed E-state index contributed by atoms with van der Waals surface area (Å²) < 4.78 is 1.69. The molecule has 1 heterocycles. The molecule has 5 heteroatoms. The lowest BCUT2D eigenvalue weighted by Crippen LogP contribution is -2.27. The predicted molar refractivity (Wildman–Crippen MR) is 70.7 cm³/mol. The second-order valence-electron chi connectivity index (χ2n) is 4.04. The lowest BCUT2D eigenvalue weighted by atomic mass is 10.1. The van der Waals surface area contributed by atoms with E-state index in [1.165, 1.54) is 0 Å². The van der Waals surface area contributed by atoms with E-state index in [1.807, 2.05) is 31.2 Å². The van der Waals surface area contributed by atoms with Gasteiger partial charge in [0.1, 0.15) is 0 Å². The Morgan fingerprint density at radius 3 is 2.72 bits per heavy atom. The van der Waals surface area contributed by atoms with E-state index in [4.69, 9.17) is 11.6 Å². The van der Waals surface area contributed by atoms with Crippen molar-refractivity contribution >= 4 is 17.5 Å². The number of aromatic nitrogens is 2. The van der Waals surface area contributed by atoms with Gasteiger partial charge in [0.05, 0.1) is 17.8 Å². The minimum absolute atomic E-state index is 0.0757. The van der Waals surface area contributed by atoms with E-state index >= 15 is 0 Å². The monoisotopic (exact) mass is 263 g/mol. The van der Waals surface area contributed by atoms with Crippen molar-refractivity contribution in [2.75, 3.05) is 6.54 Å². The summed E-state index contributed by atoms with van der Waals surface area (Å²) in [7, 11) is 0. The molecular formula is C13H14ClN3O. The molecule has 0 bridgehead atoms. The second-order valence-corrected chi connectivity index (χ2v) is 4.48. The molecule has 1 amide bonds. The zero-order valence-corrected chi connectivity index (χ0v) is 10.8. The van der Waals surface area contributed by atoms with Gasteiger partial charge in [0.2, 0.25) is 0 Å². The minimum Gasteiger partial charge on any atom is -0.350 e. The molecule has 0 saturated carbocycles. The molecule has 94 valence electrons. The Morgan fingerprint density at radius 1 is 1.39 bits per heavy atom. The number of carbonyl (C=O) groups is 1. The number of hydrogen-bond donors (Lipinski definition) is 1. The summed E-state index contributed by atoms with van der Waals surface area (Å²) >= 11 is 5.74. The molecule has 2 rings (SSSR count). The van der Waals surface area contributed by atoms with E-state index in [0.29, 0.717) is 23.7 Å². The third-order valence-electron chi connectivity index (χ3n) is 2.54. The predicted octanol–water partition coefficient (Wildman–Crippen LogP) is 2.27. The van der Waals surface area contributed by atoms with Crippen LogP contribution in [0.5, 0.6) is 0 Å². The fourth-order valence-electron chi connectivity index (χ4n) is 1.55. The highest BCUT2D eigenvalue weighted by Gasteiger charge is 2.04. The number of hydrogen-bond acceptors (Lipinski definition) is 2. The number of nitrogens with zero attached hydrogens (tertiary/aromatic N) is 2. The standard InChI is InChI=1S/C13H14ClN3O/c1-10-2-4-11(5-3-10)13(18)15-6-7-17-9-12(14)8-16-17/h2-5,8-9H,6-7H2,1H3,(H,15,18).